The average molecular weight is 476 g/mol. The van der Waals surface area contributed by atoms with Gasteiger partial charge in [-0.2, -0.15) is 0 Å². The smallest absolute Gasteiger partial charge is 0.119 e. The van der Waals surface area contributed by atoms with Crippen molar-refractivity contribution in [3.8, 4) is 5.75 Å². The number of nitrogens with zero attached hydrogens (tertiary/aromatic N) is 3. The Kier molecular flexibility index (Phi) is 8.64. The van der Waals surface area contributed by atoms with Crippen LogP contribution in [0.15, 0.2) is 54.7 Å². The van der Waals surface area contributed by atoms with Crippen LogP contribution < -0.4 is 9.64 Å². The molecule has 188 valence electrons. The third kappa shape index (κ3) is 6.33. The Morgan fingerprint density at radius 1 is 1.03 bits per heavy atom. The highest BCUT2D eigenvalue weighted by Gasteiger charge is 2.33. The van der Waals surface area contributed by atoms with E-state index in [1.54, 1.807) is 7.11 Å². The Hall–Kier alpha value is -2.63. The minimum atomic E-state index is 0.0503. The summed E-state index contributed by atoms with van der Waals surface area (Å²) in [6.45, 7) is 3.62. The van der Waals surface area contributed by atoms with Gasteiger partial charge in [0.05, 0.1) is 24.5 Å². The fourth-order valence-corrected chi connectivity index (χ4v) is 5.52. The van der Waals surface area contributed by atoms with Gasteiger partial charge in [0.25, 0.3) is 0 Å². The number of pyridine rings is 1. The number of aromatic nitrogens is 1. The van der Waals surface area contributed by atoms with Crippen molar-refractivity contribution < 1.29 is 9.84 Å². The molecule has 0 saturated carbocycles. The molecule has 1 aromatic heterocycles. The molecule has 0 amide bonds. The molecule has 2 aromatic carbocycles. The van der Waals surface area contributed by atoms with Crippen molar-refractivity contribution in [1.29, 1.82) is 0 Å². The number of methoxy groups -OCH3 is 1. The molecule has 1 fully saturated rings. The number of rotatable bonds is 11. The van der Waals surface area contributed by atoms with Crippen molar-refractivity contribution in [3.63, 3.8) is 0 Å². The van der Waals surface area contributed by atoms with E-state index in [0.29, 0.717) is 0 Å². The number of hydrogen-bond donors (Lipinski definition) is 1. The molecule has 0 unspecified atom stereocenters. The summed E-state index contributed by atoms with van der Waals surface area (Å²) in [5.74, 6) is 0.864. The average Bonchev–Trinajstić information content (AvgIpc) is 2.90. The van der Waals surface area contributed by atoms with Gasteiger partial charge in [0.1, 0.15) is 5.75 Å². The number of anilines is 1. The number of hydrogen-bond acceptors (Lipinski definition) is 5. The zero-order valence-corrected chi connectivity index (χ0v) is 21.7. The van der Waals surface area contributed by atoms with Crippen molar-refractivity contribution in [2.24, 2.45) is 5.41 Å². The summed E-state index contributed by atoms with van der Waals surface area (Å²) in [7, 11) is 5.87. The van der Waals surface area contributed by atoms with E-state index in [1.807, 2.05) is 18.3 Å². The topological polar surface area (TPSA) is 48.8 Å². The summed E-state index contributed by atoms with van der Waals surface area (Å²) >= 11 is 0. The van der Waals surface area contributed by atoms with Crippen molar-refractivity contribution in [2.75, 3.05) is 52.3 Å². The van der Waals surface area contributed by atoms with Crippen LogP contribution in [0.1, 0.15) is 43.2 Å². The summed E-state index contributed by atoms with van der Waals surface area (Å²) < 4.78 is 5.49. The molecule has 1 saturated heterocycles. The summed E-state index contributed by atoms with van der Waals surface area (Å²) in [6, 6.07) is 16.9. The van der Waals surface area contributed by atoms with Crippen molar-refractivity contribution >= 4 is 16.6 Å². The Labute approximate surface area is 210 Å². The van der Waals surface area contributed by atoms with E-state index in [0.717, 1.165) is 75.1 Å². The van der Waals surface area contributed by atoms with E-state index in [4.69, 9.17) is 4.74 Å². The van der Waals surface area contributed by atoms with E-state index in [9.17, 15) is 5.11 Å². The SMILES string of the molecule is COc1ccc2ncc(N(C)C)c(CCCC3(CO)CCN(CCCc4ccccc4)CC3)c2c1. The van der Waals surface area contributed by atoms with E-state index in [1.165, 1.54) is 22.9 Å². The van der Waals surface area contributed by atoms with E-state index in [-0.39, 0.29) is 12.0 Å². The summed E-state index contributed by atoms with van der Waals surface area (Å²) in [5, 5.41) is 11.5. The quantitative estimate of drug-likeness (QED) is 0.406. The van der Waals surface area contributed by atoms with Crippen LogP contribution in [0.4, 0.5) is 5.69 Å². The number of fused-ring (bicyclic) bond motifs is 1. The van der Waals surface area contributed by atoms with E-state index < -0.39 is 0 Å². The lowest BCUT2D eigenvalue weighted by molar-refractivity contribution is 0.0353. The second kappa shape index (κ2) is 11.9. The van der Waals surface area contributed by atoms with Gasteiger partial charge >= 0.3 is 0 Å². The molecule has 1 aliphatic heterocycles. The minimum Gasteiger partial charge on any atom is -0.497 e. The fourth-order valence-electron chi connectivity index (χ4n) is 5.52. The Morgan fingerprint density at radius 3 is 2.49 bits per heavy atom. The number of benzene rings is 2. The number of aryl methyl sites for hydroxylation is 2. The van der Waals surface area contributed by atoms with E-state index >= 15 is 0 Å². The van der Waals surface area contributed by atoms with Gasteiger partial charge in [0.15, 0.2) is 0 Å². The molecule has 0 aliphatic carbocycles. The monoisotopic (exact) mass is 475 g/mol. The van der Waals surface area contributed by atoms with Gasteiger partial charge < -0.3 is 19.6 Å². The van der Waals surface area contributed by atoms with Gasteiger partial charge in [-0.25, -0.2) is 0 Å². The van der Waals surface area contributed by atoms with Crippen LogP contribution in [0.5, 0.6) is 5.75 Å². The predicted molar refractivity (Wildman–Crippen MR) is 146 cm³/mol. The second-order valence-corrected chi connectivity index (χ2v) is 10.3. The standard InChI is InChI=1S/C30H41N3O2/c1-32(2)29-22-31-28-14-13-25(35-3)21-27(28)26(29)12-7-15-30(23-34)16-19-33(20-17-30)18-8-11-24-9-5-4-6-10-24/h4-6,9-10,13-14,21-22,34H,7-8,11-12,15-20,23H2,1-3H3. The maximum absolute atomic E-state index is 10.4. The number of likely N-dealkylation sites (tertiary alicyclic amines) is 1. The first-order valence-corrected chi connectivity index (χ1v) is 13.0. The van der Waals surface area contributed by atoms with Gasteiger partial charge in [-0.1, -0.05) is 30.3 Å². The lowest BCUT2D eigenvalue weighted by Crippen LogP contribution is -2.42. The van der Waals surface area contributed by atoms with Crippen LogP contribution in [-0.2, 0) is 12.8 Å². The largest absolute Gasteiger partial charge is 0.497 e. The van der Waals surface area contributed by atoms with Gasteiger partial charge in [0.2, 0.25) is 0 Å². The van der Waals surface area contributed by atoms with Gasteiger partial charge in [-0.15, -0.1) is 0 Å². The molecule has 3 aromatic rings. The van der Waals surface area contributed by atoms with Gasteiger partial charge in [-0.05, 0) is 99.3 Å². The van der Waals surface area contributed by atoms with Crippen LogP contribution in [0.25, 0.3) is 10.9 Å². The predicted octanol–water partition coefficient (Wildman–Crippen LogP) is 5.34. The van der Waals surface area contributed by atoms with Crippen LogP contribution in [0.2, 0.25) is 0 Å². The third-order valence-electron chi connectivity index (χ3n) is 7.81. The fraction of sp³-hybridized carbons (Fsp3) is 0.500. The van der Waals surface area contributed by atoms with Crippen LogP contribution in [0, 0.1) is 5.41 Å². The van der Waals surface area contributed by atoms with Crippen LogP contribution in [0.3, 0.4) is 0 Å². The summed E-state index contributed by atoms with van der Waals surface area (Å²) in [5.41, 5.74) is 4.97. The Balaban J connectivity index is 1.34. The van der Waals surface area contributed by atoms with E-state index in [2.05, 4.69) is 65.3 Å². The molecule has 0 radical (unpaired) electrons. The van der Waals surface area contributed by atoms with Gasteiger partial charge in [-0.3, -0.25) is 4.98 Å². The number of piperidine rings is 1. The summed E-state index contributed by atoms with van der Waals surface area (Å²) in [4.78, 5) is 9.41. The molecular weight excluding hydrogens is 434 g/mol. The molecule has 0 bridgehead atoms. The second-order valence-electron chi connectivity index (χ2n) is 10.3. The van der Waals surface area contributed by atoms with Crippen LogP contribution in [-0.4, -0.2) is 62.4 Å². The molecule has 2 heterocycles. The molecule has 4 rings (SSSR count). The molecule has 0 atom stereocenters. The molecule has 1 N–H and O–H groups in total. The molecule has 5 nitrogen and oxygen atoms in total. The highest BCUT2D eigenvalue weighted by Crippen LogP contribution is 2.38. The van der Waals surface area contributed by atoms with Crippen molar-refractivity contribution in [1.82, 2.24) is 9.88 Å². The highest BCUT2D eigenvalue weighted by molar-refractivity contribution is 5.88. The minimum absolute atomic E-state index is 0.0503. The van der Waals surface area contributed by atoms with Gasteiger partial charge in [0, 0.05) is 26.1 Å². The molecular formula is C30H41N3O2. The molecule has 5 heteroatoms. The maximum atomic E-state index is 10.4. The Morgan fingerprint density at radius 2 is 1.80 bits per heavy atom. The third-order valence-corrected chi connectivity index (χ3v) is 7.81. The lowest BCUT2D eigenvalue weighted by atomic mass is 9.75. The first-order chi connectivity index (χ1) is 17.0. The number of aliphatic hydroxyl groups is 1. The highest BCUT2D eigenvalue weighted by atomic mass is 16.5. The number of ether oxygens (including phenoxy) is 1. The summed E-state index contributed by atoms with van der Waals surface area (Å²) in [6.07, 6.45) is 9.58. The van der Waals surface area contributed by atoms with Crippen molar-refractivity contribution in [3.05, 3.63) is 65.9 Å². The Bertz CT molecular complexity index is 1080. The number of aliphatic hydroxyl groups excluding tert-OH is 1. The van der Waals surface area contributed by atoms with Crippen LogP contribution >= 0.6 is 0 Å². The maximum Gasteiger partial charge on any atom is 0.119 e. The molecule has 1 aliphatic rings. The molecule has 0 spiro atoms. The first kappa shape index (κ1) is 25.5. The lowest BCUT2D eigenvalue weighted by Gasteiger charge is -2.41. The zero-order chi connectivity index (χ0) is 24.7. The van der Waals surface area contributed by atoms with Crippen molar-refractivity contribution in [2.45, 2.75) is 44.9 Å². The first-order valence-electron chi connectivity index (χ1n) is 13.0. The molecule has 35 heavy (non-hydrogen) atoms. The normalized spacial score (nSPS) is 15.9. The zero-order valence-electron chi connectivity index (χ0n) is 21.7.